The standard InChI is InChI=1S/C23H31N5/c1-18-16-22(25-21-10-5-4-9-20(18)21)28-13-6-8-19(17-28)23-24-11-15-27(23)14-7-12-26(2)3/h4-5,9-11,15-16,19H,6-8,12-14,17H2,1-3H3. The van der Waals surface area contributed by atoms with Crippen molar-refractivity contribution in [1.29, 1.82) is 0 Å². The van der Waals surface area contributed by atoms with Crippen LogP contribution in [0.4, 0.5) is 5.82 Å². The first kappa shape index (κ1) is 18.9. The Labute approximate surface area is 168 Å². The molecule has 3 heterocycles. The molecule has 1 aromatic carbocycles. The maximum Gasteiger partial charge on any atom is 0.129 e. The van der Waals surface area contributed by atoms with Crippen LogP contribution in [0.1, 0.15) is 36.6 Å². The fourth-order valence-corrected chi connectivity index (χ4v) is 4.32. The van der Waals surface area contributed by atoms with Gasteiger partial charge in [0.1, 0.15) is 11.6 Å². The van der Waals surface area contributed by atoms with Crippen molar-refractivity contribution >= 4 is 16.7 Å². The van der Waals surface area contributed by atoms with Crippen LogP contribution in [0.5, 0.6) is 0 Å². The molecule has 0 N–H and O–H groups in total. The second-order valence-corrected chi connectivity index (χ2v) is 8.24. The average molecular weight is 378 g/mol. The summed E-state index contributed by atoms with van der Waals surface area (Å²) in [7, 11) is 4.26. The molecule has 148 valence electrons. The van der Waals surface area contributed by atoms with Gasteiger partial charge in [-0.05, 0) is 64.5 Å². The molecule has 1 aliphatic rings. The van der Waals surface area contributed by atoms with E-state index in [4.69, 9.17) is 9.97 Å². The number of nitrogens with zero attached hydrogens (tertiary/aromatic N) is 5. The number of anilines is 1. The zero-order valence-electron chi connectivity index (χ0n) is 17.3. The fourth-order valence-electron chi connectivity index (χ4n) is 4.32. The lowest BCUT2D eigenvalue weighted by Crippen LogP contribution is -2.36. The third-order valence-corrected chi connectivity index (χ3v) is 5.77. The van der Waals surface area contributed by atoms with Crippen molar-refractivity contribution in [2.45, 2.75) is 38.6 Å². The third kappa shape index (κ3) is 4.04. The minimum Gasteiger partial charge on any atom is -0.356 e. The molecule has 0 bridgehead atoms. The van der Waals surface area contributed by atoms with E-state index < -0.39 is 0 Å². The van der Waals surface area contributed by atoms with Gasteiger partial charge in [-0.2, -0.15) is 0 Å². The topological polar surface area (TPSA) is 37.2 Å². The zero-order valence-corrected chi connectivity index (χ0v) is 17.3. The Kier molecular flexibility index (Phi) is 5.62. The minimum atomic E-state index is 0.469. The van der Waals surface area contributed by atoms with E-state index in [0.29, 0.717) is 5.92 Å². The van der Waals surface area contributed by atoms with Crippen molar-refractivity contribution in [2.75, 3.05) is 38.6 Å². The predicted octanol–water partition coefficient (Wildman–Crippen LogP) is 4.08. The fraction of sp³-hybridized carbons (Fsp3) is 0.478. The van der Waals surface area contributed by atoms with Gasteiger partial charge in [0, 0.05) is 43.3 Å². The largest absolute Gasteiger partial charge is 0.356 e. The average Bonchev–Trinajstić information content (AvgIpc) is 3.16. The number of hydrogen-bond acceptors (Lipinski definition) is 4. The quantitative estimate of drug-likeness (QED) is 0.649. The number of aromatic nitrogens is 3. The first-order chi connectivity index (χ1) is 13.6. The lowest BCUT2D eigenvalue weighted by atomic mass is 9.96. The molecule has 0 aliphatic carbocycles. The number of aryl methyl sites for hydroxylation is 2. The van der Waals surface area contributed by atoms with Gasteiger partial charge in [-0.3, -0.25) is 0 Å². The van der Waals surface area contributed by atoms with E-state index in [1.165, 1.54) is 29.6 Å². The second-order valence-electron chi connectivity index (χ2n) is 8.24. The third-order valence-electron chi connectivity index (χ3n) is 5.77. The molecular weight excluding hydrogens is 346 g/mol. The van der Waals surface area contributed by atoms with Crippen LogP contribution < -0.4 is 4.90 Å². The summed E-state index contributed by atoms with van der Waals surface area (Å²) in [6.07, 6.45) is 7.64. The van der Waals surface area contributed by atoms with Crippen LogP contribution in [0.3, 0.4) is 0 Å². The molecule has 1 fully saturated rings. The molecule has 5 nitrogen and oxygen atoms in total. The maximum absolute atomic E-state index is 4.96. The molecule has 0 spiro atoms. The van der Waals surface area contributed by atoms with E-state index in [0.717, 1.165) is 43.9 Å². The van der Waals surface area contributed by atoms with Crippen molar-refractivity contribution in [3.05, 3.63) is 54.1 Å². The zero-order chi connectivity index (χ0) is 19.5. The molecule has 1 unspecified atom stereocenters. The van der Waals surface area contributed by atoms with E-state index in [1.54, 1.807) is 0 Å². The molecular formula is C23H31N5. The van der Waals surface area contributed by atoms with Gasteiger partial charge in [0.2, 0.25) is 0 Å². The number of para-hydroxylation sites is 1. The molecule has 5 heteroatoms. The van der Waals surface area contributed by atoms with E-state index in [9.17, 15) is 0 Å². The van der Waals surface area contributed by atoms with Crippen molar-refractivity contribution in [2.24, 2.45) is 0 Å². The van der Waals surface area contributed by atoms with Gasteiger partial charge < -0.3 is 14.4 Å². The summed E-state index contributed by atoms with van der Waals surface area (Å²) in [5, 5.41) is 1.25. The van der Waals surface area contributed by atoms with Crippen LogP contribution >= 0.6 is 0 Å². The summed E-state index contributed by atoms with van der Waals surface area (Å²) in [4.78, 5) is 14.4. The van der Waals surface area contributed by atoms with Crippen molar-refractivity contribution in [3.8, 4) is 0 Å². The van der Waals surface area contributed by atoms with Gasteiger partial charge in [-0.25, -0.2) is 9.97 Å². The monoisotopic (exact) mass is 377 g/mol. The molecule has 0 radical (unpaired) electrons. The van der Waals surface area contributed by atoms with E-state index >= 15 is 0 Å². The first-order valence-corrected chi connectivity index (χ1v) is 10.4. The van der Waals surface area contributed by atoms with Gasteiger partial charge in [-0.1, -0.05) is 18.2 Å². The number of benzene rings is 1. The lowest BCUT2D eigenvalue weighted by Gasteiger charge is -2.34. The summed E-state index contributed by atoms with van der Waals surface area (Å²) in [5.41, 5.74) is 2.39. The molecule has 28 heavy (non-hydrogen) atoms. The van der Waals surface area contributed by atoms with Crippen molar-refractivity contribution in [3.63, 3.8) is 0 Å². The number of hydrogen-bond donors (Lipinski definition) is 0. The van der Waals surface area contributed by atoms with Crippen molar-refractivity contribution in [1.82, 2.24) is 19.4 Å². The predicted molar refractivity (Wildman–Crippen MR) is 116 cm³/mol. The summed E-state index contributed by atoms with van der Waals surface area (Å²) in [5.74, 6) is 2.81. The van der Waals surface area contributed by atoms with Gasteiger partial charge >= 0.3 is 0 Å². The lowest BCUT2D eigenvalue weighted by molar-refractivity contribution is 0.380. The number of imidazole rings is 1. The van der Waals surface area contributed by atoms with Gasteiger partial charge in [-0.15, -0.1) is 0 Å². The summed E-state index contributed by atoms with van der Waals surface area (Å²) in [6.45, 7) is 6.40. The Balaban J connectivity index is 1.52. The molecule has 0 amide bonds. The first-order valence-electron chi connectivity index (χ1n) is 10.4. The number of rotatable bonds is 6. The normalized spacial score (nSPS) is 17.6. The smallest absolute Gasteiger partial charge is 0.129 e. The summed E-state index contributed by atoms with van der Waals surface area (Å²) >= 11 is 0. The van der Waals surface area contributed by atoms with Crippen LogP contribution in [0, 0.1) is 6.92 Å². The number of piperidine rings is 1. The highest BCUT2D eigenvalue weighted by atomic mass is 15.2. The van der Waals surface area contributed by atoms with E-state index in [1.807, 2.05) is 6.20 Å². The van der Waals surface area contributed by atoms with Crippen LogP contribution in [-0.2, 0) is 6.54 Å². The number of pyridine rings is 1. The highest BCUT2D eigenvalue weighted by molar-refractivity contribution is 5.83. The van der Waals surface area contributed by atoms with Gasteiger partial charge in [0.25, 0.3) is 0 Å². The van der Waals surface area contributed by atoms with Gasteiger partial charge in [0.15, 0.2) is 0 Å². The highest BCUT2D eigenvalue weighted by Crippen LogP contribution is 2.30. The molecule has 1 aliphatic heterocycles. The van der Waals surface area contributed by atoms with Crippen LogP contribution in [0.15, 0.2) is 42.7 Å². The molecule has 3 aromatic rings. The van der Waals surface area contributed by atoms with Crippen LogP contribution in [0.2, 0.25) is 0 Å². The summed E-state index contributed by atoms with van der Waals surface area (Å²) in [6, 6.07) is 10.7. The van der Waals surface area contributed by atoms with Crippen LogP contribution in [-0.4, -0.2) is 53.2 Å². The van der Waals surface area contributed by atoms with Gasteiger partial charge in [0.05, 0.1) is 5.52 Å². The Bertz CT molecular complexity index is 930. The Hall–Kier alpha value is -2.40. The SMILES string of the molecule is Cc1cc(N2CCCC(c3nccn3CCCN(C)C)C2)nc2ccccc12. The Morgan fingerprint density at radius 1 is 1.21 bits per heavy atom. The summed E-state index contributed by atoms with van der Waals surface area (Å²) < 4.78 is 2.36. The number of fused-ring (bicyclic) bond motifs is 1. The molecule has 4 rings (SSSR count). The Morgan fingerprint density at radius 3 is 2.93 bits per heavy atom. The molecule has 2 aromatic heterocycles. The molecule has 0 saturated carbocycles. The van der Waals surface area contributed by atoms with E-state index in [-0.39, 0.29) is 0 Å². The highest BCUT2D eigenvalue weighted by Gasteiger charge is 2.25. The second kappa shape index (κ2) is 8.31. The Morgan fingerprint density at radius 2 is 2.07 bits per heavy atom. The van der Waals surface area contributed by atoms with Crippen molar-refractivity contribution < 1.29 is 0 Å². The maximum atomic E-state index is 4.96. The molecule has 1 atom stereocenters. The minimum absolute atomic E-state index is 0.469. The van der Waals surface area contributed by atoms with Crippen LogP contribution in [0.25, 0.3) is 10.9 Å². The van der Waals surface area contributed by atoms with E-state index in [2.05, 4.69) is 71.9 Å². The molecule has 1 saturated heterocycles.